The number of hydrogen-bond donors (Lipinski definition) is 1. The lowest BCUT2D eigenvalue weighted by molar-refractivity contribution is -0.122. The van der Waals surface area contributed by atoms with Crippen molar-refractivity contribution in [2.45, 2.75) is 18.8 Å². The lowest BCUT2D eigenvalue weighted by atomic mass is 9.72. The number of nitrogens with two attached hydrogens (primary N) is 1. The van der Waals surface area contributed by atoms with Crippen LogP contribution in [0.2, 0.25) is 0 Å². The van der Waals surface area contributed by atoms with Gasteiger partial charge < -0.3 is 15.5 Å². The van der Waals surface area contributed by atoms with Crippen LogP contribution < -0.4 is 15.5 Å². The molecule has 8 heteroatoms. The van der Waals surface area contributed by atoms with E-state index in [0.717, 1.165) is 61.6 Å². The number of carbonyl (C=O) groups is 1. The minimum absolute atomic E-state index is 0. The van der Waals surface area contributed by atoms with Gasteiger partial charge in [0, 0.05) is 49.8 Å². The highest BCUT2D eigenvalue weighted by Crippen LogP contribution is 2.48. The molecule has 1 unspecified atom stereocenters. The van der Waals surface area contributed by atoms with E-state index in [0.29, 0.717) is 6.54 Å². The summed E-state index contributed by atoms with van der Waals surface area (Å²) in [4.78, 5) is 20.8. The summed E-state index contributed by atoms with van der Waals surface area (Å²) in [6.07, 6.45) is 0.779. The zero-order chi connectivity index (χ0) is 22.8. The van der Waals surface area contributed by atoms with Crippen molar-refractivity contribution < 1.29 is 4.79 Å². The summed E-state index contributed by atoms with van der Waals surface area (Å²) in [6, 6.07) is 26.8. The zero-order valence-electron chi connectivity index (χ0n) is 20.5. The van der Waals surface area contributed by atoms with Crippen LogP contribution in [-0.4, -0.2) is 50.1 Å². The van der Waals surface area contributed by atoms with Gasteiger partial charge in [0.25, 0.3) is 0 Å². The van der Waals surface area contributed by atoms with Crippen molar-refractivity contribution in [1.29, 1.82) is 0 Å². The number of nitrogens with zero attached hydrogens (tertiary/aromatic N) is 3. The molecule has 5 nitrogen and oxygen atoms in total. The molecule has 1 amide bonds. The van der Waals surface area contributed by atoms with E-state index in [1.165, 1.54) is 5.69 Å². The van der Waals surface area contributed by atoms with Crippen LogP contribution in [0.5, 0.6) is 0 Å². The first kappa shape index (κ1) is 29.8. The van der Waals surface area contributed by atoms with Crippen LogP contribution in [0.3, 0.4) is 0 Å². The van der Waals surface area contributed by atoms with Crippen molar-refractivity contribution in [1.82, 2.24) is 4.90 Å². The topological polar surface area (TPSA) is 52.8 Å². The molecule has 5 rings (SSSR count). The molecule has 0 aliphatic carbocycles. The molecule has 36 heavy (non-hydrogen) atoms. The molecule has 194 valence electrons. The Balaban J connectivity index is 0.00000152. The number of piperazine rings is 1. The molecule has 0 aromatic heterocycles. The predicted molar refractivity (Wildman–Crippen MR) is 158 cm³/mol. The Morgan fingerprint density at radius 3 is 2.17 bits per heavy atom. The number of benzene rings is 3. The minimum atomic E-state index is -0.626. The number of amides is 1. The van der Waals surface area contributed by atoms with Crippen LogP contribution >= 0.6 is 37.2 Å². The van der Waals surface area contributed by atoms with E-state index in [-0.39, 0.29) is 43.1 Å². The second-order valence-electron chi connectivity index (χ2n) is 9.01. The van der Waals surface area contributed by atoms with Gasteiger partial charge in [-0.2, -0.15) is 0 Å². The molecule has 1 atom stereocenters. The van der Waals surface area contributed by atoms with Gasteiger partial charge in [-0.3, -0.25) is 9.69 Å². The molecular weight excluding hydrogens is 515 g/mol. The van der Waals surface area contributed by atoms with Crippen LogP contribution in [0.1, 0.15) is 24.5 Å². The number of fused-ring (bicyclic) bond motifs is 1. The monoisotopic (exact) mass is 548 g/mol. The molecule has 2 aliphatic rings. The molecular formula is C28H35Cl3N4O. The lowest BCUT2D eigenvalue weighted by Crippen LogP contribution is -2.49. The number of anilines is 3. The third-order valence-electron chi connectivity index (χ3n) is 7.26. The second-order valence-corrected chi connectivity index (χ2v) is 9.01. The van der Waals surface area contributed by atoms with E-state index < -0.39 is 5.41 Å². The maximum Gasteiger partial charge on any atom is 0.242 e. The first-order valence-corrected chi connectivity index (χ1v) is 11.9. The van der Waals surface area contributed by atoms with Crippen LogP contribution in [0.25, 0.3) is 0 Å². The minimum Gasteiger partial charge on any atom is -0.399 e. The summed E-state index contributed by atoms with van der Waals surface area (Å²) in [7, 11) is 0. The number of halogens is 3. The van der Waals surface area contributed by atoms with Crippen molar-refractivity contribution in [3.63, 3.8) is 0 Å². The summed E-state index contributed by atoms with van der Waals surface area (Å²) >= 11 is 0. The maximum atomic E-state index is 13.9. The largest absolute Gasteiger partial charge is 0.399 e. The molecule has 2 aliphatic heterocycles. The first-order valence-electron chi connectivity index (χ1n) is 11.9. The van der Waals surface area contributed by atoms with Gasteiger partial charge in [0.05, 0.1) is 0 Å². The highest BCUT2D eigenvalue weighted by atomic mass is 35.5. The Morgan fingerprint density at radius 2 is 1.50 bits per heavy atom. The normalized spacial score (nSPS) is 19.1. The molecule has 2 N–H and O–H groups in total. The fourth-order valence-corrected chi connectivity index (χ4v) is 5.50. The quantitative estimate of drug-likeness (QED) is 0.418. The molecule has 1 fully saturated rings. The average Bonchev–Trinajstić information content (AvgIpc) is 3.11. The van der Waals surface area contributed by atoms with Gasteiger partial charge in [0.2, 0.25) is 5.91 Å². The summed E-state index contributed by atoms with van der Waals surface area (Å²) in [5.41, 5.74) is 10.6. The molecule has 0 bridgehead atoms. The van der Waals surface area contributed by atoms with Crippen LogP contribution in [0, 0.1) is 0 Å². The number of rotatable bonds is 6. The van der Waals surface area contributed by atoms with Gasteiger partial charge in [-0.05, 0) is 55.3 Å². The molecule has 3 aromatic carbocycles. The Labute approximate surface area is 232 Å². The average molecular weight is 550 g/mol. The highest BCUT2D eigenvalue weighted by molar-refractivity contribution is 6.10. The number of carbonyl (C=O) groups excluding carboxylic acids is 1. The van der Waals surface area contributed by atoms with Gasteiger partial charge in [0.15, 0.2) is 0 Å². The van der Waals surface area contributed by atoms with E-state index in [1.807, 2.05) is 47.4 Å². The summed E-state index contributed by atoms with van der Waals surface area (Å²) < 4.78 is 0. The van der Waals surface area contributed by atoms with Crippen LogP contribution in [0.4, 0.5) is 17.1 Å². The lowest BCUT2D eigenvalue weighted by Gasteiger charge is -2.38. The number of nitrogen functional groups attached to an aromatic ring is 1. The standard InChI is InChI=1S/C28H32N4O.3ClH/c1-2-32-26-14-7-6-13-25(26)28(27(32)33,22-9-4-3-5-10-22)15-16-30-17-19-31(20-18-30)24-12-8-11-23(29)21-24;;;/h3-14,21H,2,15-20,29H2,1H3;3*1H. The van der Waals surface area contributed by atoms with Crippen molar-refractivity contribution in [3.8, 4) is 0 Å². The van der Waals surface area contributed by atoms with Gasteiger partial charge in [-0.15, -0.1) is 37.2 Å². The number of likely N-dealkylation sites (N-methyl/N-ethyl adjacent to an activating group) is 1. The molecule has 3 aromatic rings. The summed E-state index contributed by atoms with van der Waals surface area (Å²) in [6.45, 7) is 7.52. The molecule has 1 saturated heterocycles. The van der Waals surface area contributed by atoms with Crippen molar-refractivity contribution in [2.24, 2.45) is 0 Å². The van der Waals surface area contributed by atoms with Crippen molar-refractivity contribution >= 4 is 60.2 Å². The third kappa shape index (κ3) is 5.30. The van der Waals surface area contributed by atoms with Gasteiger partial charge in [0.1, 0.15) is 5.41 Å². The molecule has 0 spiro atoms. The van der Waals surface area contributed by atoms with Crippen LogP contribution in [0.15, 0.2) is 78.9 Å². The fourth-order valence-electron chi connectivity index (χ4n) is 5.50. The number of para-hydroxylation sites is 1. The highest BCUT2D eigenvalue weighted by Gasteiger charge is 2.51. The molecule has 2 heterocycles. The Morgan fingerprint density at radius 1 is 0.833 bits per heavy atom. The van der Waals surface area contributed by atoms with E-state index in [2.05, 4.69) is 53.1 Å². The van der Waals surface area contributed by atoms with E-state index in [1.54, 1.807) is 0 Å². The fraction of sp³-hybridized carbons (Fsp3) is 0.321. The Bertz CT molecular complexity index is 1140. The first-order chi connectivity index (χ1) is 16.1. The molecule has 0 radical (unpaired) electrons. The summed E-state index contributed by atoms with van der Waals surface area (Å²) in [5, 5.41) is 0. The molecule has 0 saturated carbocycles. The van der Waals surface area contributed by atoms with Gasteiger partial charge >= 0.3 is 0 Å². The third-order valence-corrected chi connectivity index (χ3v) is 7.26. The van der Waals surface area contributed by atoms with E-state index in [9.17, 15) is 4.79 Å². The van der Waals surface area contributed by atoms with Crippen molar-refractivity contribution in [2.75, 3.05) is 54.8 Å². The zero-order valence-corrected chi connectivity index (χ0v) is 23.0. The second kappa shape index (κ2) is 12.7. The van der Waals surface area contributed by atoms with Crippen molar-refractivity contribution in [3.05, 3.63) is 90.0 Å². The maximum absolute atomic E-state index is 13.9. The Kier molecular flexibility index (Phi) is 10.5. The van der Waals surface area contributed by atoms with E-state index in [4.69, 9.17) is 5.73 Å². The smallest absolute Gasteiger partial charge is 0.242 e. The van der Waals surface area contributed by atoms with Gasteiger partial charge in [-0.1, -0.05) is 54.6 Å². The van der Waals surface area contributed by atoms with Gasteiger partial charge in [-0.25, -0.2) is 0 Å². The summed E-state index contributed by atoms with van der Waals surface area (Å²) in [5.74, 6) is 0.204. The van der Waals surface area contributed by atoms with Crippen LogP contribution in [-0.2, 0) is 10.2 Å². The number of hydrogen-bond acceptors (Lipinski definition) is 4. The Hall–Kier alpha value is -2.44. The SMILES string of the molecule is CCN1C(=O)C(CCN2CCN(c3cccc(N)c3)CC2)(c2ccccc2)c2ccccc21.Cl.Cl.Cl. The predicted octanol–water partition coefficient (Wildman–Crippen LogP) is 5.40. The van der Waals surface area contributed by atoms with E-state index >= 15 is 0 Å².